The molecule has 0 N–H and O–H groups in total. The zero-order valence-corrected chi connectivity index (χ0v) is 6.75. The van der Waals surface area contributed by atoms with Crippen molar-refractivity contribution in [3.8, 4) is 0 Å². The van der Waals surface area contributed by atoms with E-state index in [0.29, 0.717) is 0 Å². The molecule has 0 radical (unpaired) electrons. The lowest BCUT2D eigenvalue weighted by atomic mass is 9.99. The molecular formula is C8H13NO2. The molecular weight excluding hydrogens is 142 g/mol. The van der Waals surface area contributed by atoms with Crippen molar-refractivity contribution in [1.82, 2.24) is 4.90 Å². The number of piperidine rings is 1. The van der Waals surface area contributed by atoms with E-state index in [0.717, 1.165) is 32.2 Å². The molecule has 1 aliphatic rings. The Bertz CT molecular complexity index is 159. The van der Waals surface area contributed by atoms with Crippen LogP contribution in [-0.2, 0) is 9.59 Å². The van der Waals surface area contributed by atoms with E-state index in [1.54, 1.807) is 11.8 Å². The maximum atomic E-state index is 10.8. The van der Waals surface area contributed by atoms with Crippen molar-refractivity contribution in [3.05, 3.63) is 0 Å². The number of amides is 1. The highest BCUT2D eigenvalue weighted by molar-refractivity contribution is 5.73. The van der Waals surface area contributed by atoms with Crippen molar-refractivity contribution in [2.24, 2.45) is 5.92 Å². The SMILES string of the molecule is CC(=O)N1CCC(C=O)CC1. The molecule has 0 saturated carbocycles. The summed E-state index contributed by atoms with van der Waals surface area (Å²) in [7, 11) is 0. The third kappa shape index (κ3) is 2.03. The quantitative estimate of drug-likeness (QED) is 0.515. The minimum atomic E-state index is 0.120. The van der Waals surface area contributed by atoms with Crippen LogP contribution < -0.4 is 0 Å². The fourth-order valence-electron chi connectivity index (χ4n) is 1.35. The van der Waals surface area contributed by atoms with Crippen molar-refractivity contribution >= 4 is 12.2 Å². The third-order valence-corrected chi connectivity index (χ3v) is 2.18. The first-order chi connectivity index (χ1) is 5.24. The predicted molar refractivity (Wildman–Crippen MR) is 41.0 cm³/mol. The molecule has 0 bridgehead atoms. The Kier molecular flexibility index (Phi) is 2.63. The van der Waals surface area contributed by atoms with Gasteiger partial charge in [-0.05, 0) is 12.8 Å². The lowest BCUT2D eigenvalue weighted by molar-refractivity contribution is -0.131. The Morgan fingerprint density at radius 1 is 1.45 bits per heavy atom. The van der Waals surface area contributed by atoms with Crippen molar-refractivity contribution in [2.75, 3.05) is 13.1 Å². The van der Waals surface area contributed by atoms with Gasteiger partial charge in [0.25, 0.3) is 0 Å². The van der Waals surface area contributed by atoms with Gasteiger partial charge in [-0.15, -0.1) is 0 Å². The predicted octanol–water partition coefficient (Wildman–Crippen LogP) is 0.444. The first kappa shape index (κ1) is 8.24. The second kappa shape index (κ2) is 3.51. The van der Waals surface area contributed by atoms with Gasteiger partial charge in [-0.25, -0.2) is 0 Å². The maximum absolute atomic E-state index is 10.8. The van der Waals surface area contributed by atoms with Gasteiger partial charge in [-0.1, -0.05) is 0 Å². The van der Waals surface area contributed by atoms with Crippen molar-refractivity contribution in [3.63, 3.8) is 0 Å². The number of carbonyl (C=O) groups excluding carboxylic acids is 2. The standard InChI is InChI=1S/C8H13NO2/c1-7(11)9-4-2-8(6-10)3-5-9/h6,8H,2-5H2,1H3. The van der Waals surface area contributed by atoms with Crippen LogP contribution in [0.2, 0.25) is 0 Å². The van der Waals surface area contributed by atoms with Crippen LogP contribution in [0.1, 0.15) is 19.8 Å². The van der Waals surface area contributed by atoms with E-state index in [1.165, 1.54) is 0 Å². The van der Waals surface area contributed by atoms with E-state index in [4.69, 9.17) is 0 Å². The molecule has 0 aromatic heterocycles. The van der Waals surface area contributed by atoms with E-state index < -0.39 is 0 Å². The van der Waals surface area contributed by atoms with Crippen LogP contribution in [0.15, 0.2) is 0 Å². The Hall–Kier alpha value is -0.860. The van der Waals surface area contributed by atoms with E-state index in [1.807, 2.05) is 0 Å². The van der Waals surface area contributed by atoms with Gasteiger partial charge in [0.1, 0.15) is 6.29 Å². The van der Waals surface area contributed by atoms with Gasteiger partial charge in [0.15, 0.2) is 0 Å². The zero-order valence-electron chi connectivity index (χ0n) is 6.75. The lowest BCUT2D eigenvalue weighted by Crippen LogP contribution is -2.37. The van der Waals surface area contributed by atoms with Crippen LogP contribution >= 0.6 is 0 Å². The molecule has 62 valence electrons. The Morgan fingerprint density at radius 3 is 2.36 bits per heavy atom. The highest BCUT2D eigenvalue weighted by Gasteiger charge is 2.19. The molecule has 1 saturated heterocycles. The fraction of sp³-hybridized carbons (Fsp3) is 0.750. The number of nitrogens with zero attached hydrogens (tertiary/aromatic N) is 1. The van der Waals surface area contributed by atoms with Crippen LogP contribution in [0.3, 0.4) is 0 Å². The Morgan fingerprint density at radius 2 is 2.00 bits per heavy atom. The summed E-state index contributed by atoms with van der Waals surface area (Å²) in [5.74, 6) is 0.306. The average molecular weight is 155 g/mol. The highest BCUT2D eigenvalue weighted by Crippen LogP contribution is 2.14. The minimum Gasteiger partial charge on any atom is -0.343 e. The van der Waals surface area contributed by atoms with Gasteiger partial charge >= 0.3 is 0 Å². The molecule has 3 heteroatoms. The van der Waals surface area contributed by atoms with Gasteiger partial charge in [0.2, 0.25) is 5.91 Å². The monoisotopic (exact) mass is 155 g/mol. The molecule has 0 aromatic rings. The van der Waals surface area contributed by atoms with Crippen LogP contribution in [0.5, 0.6) is 0 Å². The summed E-state index contributed by atoms with van der Waals surface area (Å²) in [4.78, 5) is 23.0. The molecule has 3 nitrogen and oxygen atoms in total. The summed E-state index contributed by atoms with van der Waals surface area (Å²) >= 11 is 0. The number of hydrogen-bond acceptors (Lipinski definition) is 2. The number of aldehydes is 1. The number of carbonyl (C=O) groups is 2. The van der Waals surface area contributed by atoms with E-state index in [2.05, 4.69) is 0 Å². The normalized spacial score (nSPS) is 19.9. The molecule has 1 rings (SSSR count). The first-order valence-electron chi connectivity index (χ1n) is 3.95. The molecule has 0 unspecified atom stereocenters. The number of hydrogen-bond donors (Lipinski definition) is 0. The maximum Gasteiger partial charge on any atom is 0.219 e. The summed E-state index contributed by atoms with van der Waals surface area (Å²) in [5.41, 5.74) is 0. The third-order valence-electron chi connectivity index (χ3n) is 2.18. The minimum absolute atomic E-state index is 0.120. The second-order valence-electron chi connectivity index (χ2n) is 2.98. The molecule has 1 heterocycles. The average Bonchev–Trinajstić information content (AvgIpc) is 2.05. The highest BCUT2D eigenvalue weighted by atomic mass is 16.2. The van der Waals surface area contributed by atoms with Gasteiger partial charge in [0, 0.05) is 25.9 Å². The fourth-order valence-corrected chi connectivity index (χ4v) is 1.35. The summed E-state index contributed by atoms with van der Waals surface area (Å²) in [5, 5.41) is 0. The molecule has 1 fully saturated rings. The number of likely N-dealkylation sites (tertiary alicyclic amines) is 1. The molecule has 0 aliphatic carbocycles. The smallest absolute Gasteiger partial charge is 0.219 e. The molecule has 0 spiro atoms. The van der Waals surface area contributed by atoms with Gasteiger partial charge in [-0.3, -0.25) is 4.79 Å². The second-order valence-corrected chi connectivity index (χ2v) is 2.98. The van der Waals surface area contributed by atoms with E-state index in [-0.39, 0.29) is 11.8 Å². The largest absolute Gasteiger partial charge is 0.343 e. The molecule has 1 aliphatic heterocycles. The molecule has 0 atom stereocenters. The van der Waals surface area contributed by atoms with Crippen LogP contribution in [-0.4, -0.2) is 30.2 Å². The van der Waals surface area contributed by atoms with Crippen LogP contribution in [0.25, 0.3) is 0 Å². The zero-order chi connectivity index (χ0) is 8.27. The Balaban J connectivity index is 2.35. The van der Waals surface area contributed by atoms with Crippen molar-refractivity contribution < 1.29 is 9.59 Å². The van der Waals surface area contributed by atoms with E-state index in [9.17, 15) is 9.59 Å². The van der Waals surface area contributed by atoms with Crippen LogP contribution in [0.4, 0.5) is 0 Å². The van der Waals surface area contributed by atoms with Crippen molar-refractivity contribution in [1.29, 1.82) is 0 Å². The Labute approximate surface area is 66.4 Å². The number of rotatable bonds is 1. The van der Waals surface area contributed by atoms with Crippen LogP contribution in [0, 0.1) is 5.92 Å². The summed E-state index contributed by atoms with van der Waals surface area (Å²) < 4.78 is 0. The van der Waals surface area contributed by atoms with Gasteiger partial charge in [-0.2, -0.15) is 0 Å². The van der Waals surface area contributed by atoms with Crippen molar-refractivity contribution in [2.45, 2.75) is 19.8 Å². The lowest BCUT2D eigenvalue weighted by Gasteiger charge is -2.28. The van der Waals surface area contributed by atoms with E-state index >= 15 is 0 Å². The first-order valence-corrected chi connectivity index (χ1v) is 3.95. The molecule has 11 heavy (non-hydrogen) atoms. The van der Waals surface area contributed by atoms with Gasteiger partial charge < -0.3 is 9.69 Å². The molecule has 0 aromatic carbocycles. The summed E-state index contributed by atoms with van der Waals surface area (Å²) in [6.07, 6.45) is 2.67. The summed E-state index contributed by atoms with van der Waals surface area (Å²) in [6, 6.07) is 0. The topological polar surface area (TPSA) is 37.4 Å². The summed E-state index contributed by atoms with van der Waals surface area (Å²) in [6.45, 7) is 3.07. The van der Waals surface area contributed by atoms with Gasteiger partial charge in [0.05, 0.1) is 0 Å². The molecule has 1 amide bonds.